The third-order valence-electron chi connectivity index (χ3n) is 3.72. The second-order valence-corrected chi connectivity index (χ2v) is 6.79. The predicted octanol–water partition coefficient (Wildman–Crippen LogP) is 4.71. The number of carbonyl (C=O) groups excluding carboxylic acids is 1. The predicted molar refractivity (Wildman–Crippen MR) is 112 cm³/mol. The second kappa shape index (κ2) is 8.36. The Morgan fingerprint density at radius 3 is 2.50 bits per heavy atom. The van der Waals surface area contributed by atoms with Gasteiger partial charge in [-0.05, 0) is 46.8 Å². The molecule has 3 rings (SSSR count). The molecule has 0 aromatic heterocycles. The van der Waals surface area contributed by atoms with Crippen LogP contribution in [0.15, 0.2) is 60.7 Å². The van der Waals surface area contributed by atoms with Crippen LogP contribution in [0.25, 0.3) is 10.8 Å². The van der Waals surface area contributed by atoms with Gasteiger partial charge in [0, 0.05) is 5.69 Å². The summed E-state index contributed by atoms with van der Waals surface area (Å²) in [5.74, 6) is -0.195. The Morgan fingerprint density at radius 1 is 0.923 bits per heavy atom. The third kappa shape index (κ3) is 4.64. The third-order valence-corrected chi connectivity index (χ3v) is 4.67. The molecule has 0 heterocycles. The molecule has 26 heavy (non-hydrogen) atoms. The molecule has 0 aliphatic heterocycles. The maximum Gasteiger partial charge on any atom is 0.242 e. The molecular formula is C19H15Cl2N3OS. The summed E-state index contributed by atoms with van der Waals surface area (Å²) < 4.78 is 0. The number of thiocarbonyl (C=S) groups is 1. The van der Waals surface area contributed by atoms with E-state index >= 15 is 0 Å². The molecule has 3 aromatic rings. The van der Waals surface area contributed by atoms with Gasteiger partial charge < -0.3 is 5.32 Å². The number of halogens is 2. The minimum atomic E-state index is -0.195. The Morgan fingerprint density at radius 2 is 1.69 bits per heavy atom. The zero-order valence-electron chi connectivity index (χ0n) is 13.6. The number of benzene rings is 3. The first-order valence-electron chi connectivity index (χ1n) is 7.80. The standard InChI is InChI=1S/C19H15Cl2N3OS/c20-16-9-8-14(11-17(16)21)22-19(26)24-23-18(25)10-13-6-3-5-12-4-1-2-7-15(12)13/h1-9,11H,10H2,(H,23,25)(H2,22,24,26). The van der Waals surface area contributed by atoms with Crippen molar-refractivity contribution in [3.8, 4) is 0 Å². The van der Waals surface area contributed by atoms with Gasteiger partial charge in [0.25, 0.3) is 0 Å². The van der Waals surface area contributed by atoms with E-state index in [4.69, 9.17) is 35.4 Å². The lowest BCUT2D eigenvalue weighted by molar-refractivity contribution is -0.120. The Labute approximate surface area is 166 Å². The highest BCUT2D eigenvalue weighted by Crippen LogP contribution is 2.24. The van der Waals surface area contributed by atoms with Gasteiger partial charge in [0.2, 0.25) is 5.91 Å². The van der Waals surface area contributed by atoms with Crippen molar-refractivity contribution in [1.29, 1.82) is 0 Å². The van der Waals surface area contributed by atoms with Crippen LogP contribution in [0.5, 0.6) is 0 Å². The van der Waals surface area contributed by atoms with Crippen LogP contribution in [0.3, 0.4) is 0 Å². The molecule has 0 radical (unpaired) electrons. The zero-order chi connectivity index (χ0) is 18.5. The van der Waals surface area contributed by atoms with Crippen LogP contribution >= 0.6 is 35.4 Å². The van der Waals surface area contributed by atoms with Gasteiger partial charge in [0.05, 0.1) is 16.5 Å². The molecule has 0 spiro atoms. The van der Waals surface area contributed by atoms with Gasteiger partial charge >= 0.3 is 0 Å². The molecule has 1 amide bonds. The Kier molecular flexibility index (Phi) is 5.93. The zero-order valence-corrected chi connectivity index (χ0v) is 15.9. The lowest BCUT2D eigenvalue weighted by atomic mass is 10.0. The Hall–Kier alpha value is -2.34. The summed E-state index contributed by atoms with van der Waals surface area (Å²) in [5.41, 5.74) is 6.88. The van der Waals surface area contributed by atoms with Gasteiger partial charge in [0.15, 0.2) is 5.11 Å². The molecule has 132 valence electrons. The largest absolute Gasteiger partial charge is 0.331 e. The fraction of sp³-hybridized carbons (Fsp3) is 0.0526. The number of hydrogen-bond acceptors (Lipinski definition) is 2. The van der Waals surface area contributed by atoms with E-state index in [9.17, 15) is 4.79 Å². The molecule has 0 unspecified atom stereocenters. The van der Waals surface area contributed by atoms with Crippen LogP contribution in [0, 0.1) is 0 Å². The highest BCUT2D eigenvalue weighted by Gasteiger charge is 2.07. The molecule has 0 aliphatic rings. The molecular weight excluding hydrogens is 389 g/mol. The number of carbonyl (C=O) groups is 1. The Bertz CT molecular complexity index is 973. The average Bonchev–Trinajstić information content (AvgIpc) is 2.63. The SMILES string of the molecule is O=C(Cc1cccc2ccccc12)NNC(=S)Nc1ccc(Cl)c(Cl)c1. The van der Waals surface area contributed by atoms with E-state index in [1.165, 1.54) is 0 Å². The van der Waals surface area contributed by atoms with Crippen molar-refractivity contribution in [2.75, 3.05) is 5.32 Å². The van der Waals surface area contributed by atoms with Crippen LogP contribution in [0.1, 0.15) is 5.56 Å². The van der Waals surface area contributed by atoms with Crippen LogP contribution in [0.4, 0.5) is 5.69 Å². The van der Waals surface area contributed by atoms with Gasteiger partial charge in [-0.1, -0.05) is 65.7 Å². The van der Waals surface area contributed by atoms with Crippen molar-refractivity contribution in [3.63, 3.8) is 0 Å². The monoisotopic (exact) mass is 403 g/mol. The van der Waals surface area contributed by atoms with Gasteiger partial charge in [0.1, 0.15) is 0 Å². The van der Waals surface area contributed by atoms with Crippen LogP contribution in [0.2, 0.25) is 10.0 Å². The summed E-state index contributed by atoms with van der Waals surface area (Å²) in [4.78, 5) is 12.2. The van der Waals surface area contributed by atoms with Gasteiger partial charge in [-0.3, -0.25) is 15.6 Å². The summed E-state index contributed by atoms with van der Waals surface area (Å²) in [6.07, 6.45) is 0.240. The van der Waals surface area contributed by atoms with E-state index in [0.717, 1.165) is 16.3 Å². The molecule has 0 atom stereocenters. The van der Waals surface area contributed by atoms with Crippen LogP contribution in [-0.4, -0.2) is 11.0 Å². The average molecular weight is 404 g/mol. The van der Waals surface area contributed by atoms with E-state index < -0.39 is 0 Å². The molecule has 0 saturated heterocycles. The highest BCUT2D eigenvalue weighted by molar-refractivity contribution is 7.80. The van der Waals surface area contributed by atoms with E-state index in [-0.39, 0.29) is 17.4 Å². The molecule has 4 nitrogen and oxygen atoms in total. The van der Waals surface area contributed by atoms with E-state index in [1.807, 2.05) is 42.5 Å². The lowest BCUT2D eigenvalue weighted by Crippen LogP contribution is -2.44. The van der Waals surface area contributed by atoms with Crippen molar-refractivity contribution in [3.05, 3.63) is 76.3 Å². The number of nitrogens with one attached hydrogen (secondary N) is 3. The first kappa shape index (κ1) is 18.5. The fourth-order valence-corrected chi connectivity index (χ4v) is 2.99. The minimum Gasteiger partial charge on any atom is -0.331 e. The van der Waals surface area contributed by atoms with Gasteiger partial charge in [-0.2, -0.15) is 0 Å². The summed E-state index contributed by atoms with van der Waals surface area (Å²) in [6, 6.07) is 18.9. The second-order valence-electron chi connectivity index (χ2n) is 5.57. The number of fused-ring (bicyclic) bond motifs is 1. The molecule has 0 bridgehead atoms. The Balaban J connectivity index is 1.56. The van der Waals surface area contributed by atoms with Crippen LogP contribution in [-0.2, 0) is 11.2 Å². The number of amides is 1. The van der Waals surface area contributed by atoms with Crippen molar-refractivity contribution in [1.82, 2.24) is 10.9 Å². The summed E-state index contributed by atoms with van der Waals surface area (Å²) in [7, 11) is 0. The van der Waals surface area contributed by atoms with Crippen molar-refractivity contribution >= 4 is 62.9 Å². The number of hydrogen-bond donors (Lipinski definition) is 3. The van der Waals surface area contributed by atoms with Gasteiger partial charge in [-0.15, -0.1) is 0 Å². The van der Waals surface area contributed by atoms with E-state index in [1.54, 1.807) is 18.2 Å². The first-order chi connectivity index (χ1) is 12.5. The number of rotatable bonds is 3. The summed E-state index contributed by atoms with van der Waals surface area (Å²) >= 11 is 17.0. The van der Waals surface area contributed by atoms with E-state index in [0.29, 0.717) is 15.7 Å². The molecule has 3 aromatic carbocycles. The number of hydrazine groups is 1. The van der Waals surface area contributed by atoms with Crippen molar-refractivity contribution in [2.24, 2.45) is 0 Å². The molecule has 7 heteroatoms. The smallest absolute Gasteiger partial charge is 0.242 e. The number of anilines is 1. The maximum absolute atomic E-state index is 12.2. The highest BCUT2D eigenvalue weighted by atomic mass is 35.5. The lowest BCUT2D eigenvalue weighted by Gasteiger charge is -2.12. The first-order valence-corrected chi connectivity index (χ1v) is 8.97. The quantitative estimate of drug-likeness (QED) is 0.437. The van der Waals surface area contributed by atoms with Crippen molar-refractivity contribution in [2.45, 2.75) is 6.42 Å². The normalized spacial score (nSPS) is 10.4. The van der Waals surface area contributed by atoms with Crippen molar-refractivity contribution < 1.29 is 4.79 Å². The van der Waals surface area contributed by atoms with E-state index in [2.05, 4.69) is 16.2 Å². The maximum atomic E-state index is 12.2. The van der Waals surface area contributed by atoms with Crippen LogP contribution < -0.4 is 16.2 Å². The molecule has 0 fully saturated rings. The molecule has 3 N–H and O–H groups in total. The minimum absolute atomic E-state index is 0.195. The summed E-state index contributed by atoms with van der Waals surface area (Å²) in [6.45, 7) is 0. The van der Waals surface area contributed by atoms with Gasteiger partial charge in [-0.25, -0.2) is 0 Å². The topological polar surface area (TPSA) is 53.2 Å². The fourth-order valence-electron chi connectivity index (χ4n) is 2.53. The summed E-state index contributed by atoms with van der Waals surface area (Å²) in [5, 5.41) is 6.20. The molecule has 0 aliphatic carbocycles. The molecule has 0 saturated carbocycles.